The maximum atomic E-state index is 12.6. The summed E-state index contributed by atoms with van der Waals surface area (Å²) in [5.41, 5.74) is 0.836. The van der Waals surface area contributed by atoms with Gasteiger partial charge in [-0.25, -0.2) is 4.79 Å². The molecule has 3 rings (SSSR count). The van der Waals surface area contributed by atoms with E-state index in [-0.39, 0.29) is 18.1 Å². The molecule has 1 aliphatic rings. The van der Waals surface area contributed by atoms with E-state index >= 15 is 0 Å². The van der Waals surface area contributed by atoms with Crippen LogP contribution < -0.4 is 5.32 Å². The first-order valence-electron chi connectivity index (χ1n) is 8.24. The molecule has 1 N–H and O–H groups in total. The van der Waals surface area contributed by atoms with Crippen molar-refractivity contribution in [2.45, 2.75) is 31.8 Å². The molecule has 2 unspecified atom stereocenters. The van der Waals surface area contributed by atoms with Gasteiger partial charge in [0.1, 0.15) is 5.76 Å². The molecule has 0 spiro atoms. The summed E-state index contributed by atoms with van der Waals surface area (Å²) >= 11 is 0. The molecule has 0 aliphatic carbocycles. The van der Waals surface area contributed by atoms with E-state index in [1.54, 1.807) is 6.26 Å². The number of hydrogen-bond acceptors (Lipinski definition) is 5. The van der Waals surface area contributed by atoms with Gasteiger partial charge in [0.15, 0.2) is 5.76 Å². The third-order valence-electron chi connectivity index (χ3n) is 4.43. The summed E-state index contributed by atoms with van der Waals surface area (Å²) in [5.74, 6) is 1.60. The van der Waals surface area contributed by atoms with E-state index in [4.69, 9.17) is 8.94 Å². The van der Waals surface area contributed by atoms with Crippen LogP contribution in [-0.4, -0.2) is 48.2 Å². The third-order valence-corrected chi connectivity index (χ3v) is 4.43. The Morgan fingerprint density at radius 2 is 2.38 bits per heavy atom. The van der Waals surface area contributed by atoms with Crippen molar-refractivity contribution in [3.05, 3.63) is 41.7 Å². The molecule has 2 aromatic heterocycles. The Labute approximate surface area is 141 Å². The van der Waals surface area contributed by atoms with Gasteiger partial charge in [-0.05, 0) is 46.0 Å². The zero-order valence-corrected chi connectivity index (χ0v) is 14.4. The van der Waals surface area contributed by atoms with Crippen molar-refractivity contribution < 1.29 is 13.7 Å². The second-order valence-electron chi connectivity index (χ2n) is 6.40. The van der Waals surface area contributed by atoms with Crippen LogP contribution in [0.3, 0.4) is 0 Å². The van der Waals surface area contributed by atoms with Crippen LogP contribution in [0.1, 0.15) is 42.1 Å². The minimum absolute atomic E-state index is 0.00229. The lowest BCUT2D eigenvalue weighted by Crippen LogP contribution is -2.42. The highest BCUT2D eigenvalue weighted by molar-refractivity contribution is 5.75. The van der Waals surface area contributed by atoms with Gasteiger partial charge < -0.3 is 19.2 Å². The van der Waals surface area contributed by atoms with Crippen LogP contribution in [0.25, 0.3) is 0 Å². The molecule has 2 atom stereocenters. The number of urea groups is 1. The monoisotopic (exact) mass is 332 g/mol. The van der Waals surface area contributed by atoms with Crippen LogP contribution in [0.5, 0.6) is 0 Å². The minimum atomic E-state index is -0.0787. The highest BCUT2D eigenvalue weighted by atomic mass is 16.5. The van der Waals surface area contributed by atoms with E-state index in [1.165, 1.54) is 0 Å². The third kappa shape index (κ3) is 3.46. The van der Waals surface area contributed by atoms with E-state index in [9.17, 15) is 4.79 Å². The van der Waals surface area contributed by atoms with Crippen molar-refractivity contribution in [1.29, 1.82) is 0 Å². The Morgan fingerprint density at radius 3 is 3.00 bits per heavy atom. The molecule has 130 valence electrons. The van der Waals surface area contributed by atoms with E-state index in [1.807, 2.05) is 49.0 Å². The molecule has 0 saturated carbocycles. The van der Waals surface area contributed by atoms with Gasteiger partial charge in [0, 0.05) is 19.2 Å². The molecule has 1 saturated heterocycles. The highest BCUT2D eigenvalue weighted by Crippen LogP contribution is 2.32. The van der Waals surface area contributed by atoms with Crippen molar-refractivity contribution in [2.24, 2.45) is 0 Å². The number of rotatable bonds is 5. The van der Waals surface area contributed by atoms with Gasteiger partial charge in [0.05, 0.1) is 24.0 Å². The molecule has 24 heavy (non-hydrogen) atoms. The molecule has 0 radical (unpaired) electrons. The van der Waals surface area contributed by atoms with Gasteiger partial charge in [-0.2, -0.15) is 0 Å². The first-order valence-corrected chi connectivity index (χ1v) is 8.24. The molecular formula is C17H24N4O3. The van der Waals surface area contributed by atoms with E-state index < -0.39 is 0 Å². The van der Waals surface area contributed by atoms with Crippen LogP contribution in [-0.2, 0) is 0 Å². The number of likely N-dealkylation sites (N-methyl/N-ethyl adjacent to an activating group) is 1. The minimum Gasteiger partial charge on any atom is -0.468 e. The Hall–Kier alpha value is -2.28. The fourth-order valence-electron chi connectivity index (χ4n) is 3.15. The van der Waals surface area contributed by atoms with Gasteiger partial charge in [0.2, 0.25) is 0 Å². The highest BCUT2D eigenvalue weighted by Gasteiger charge is 2.33. The van der Waals surface area contributed by atoms with Crippen molar-refractivity contribution in [3.8, 4) is 0 Å². The number of aryl methyl sites for hydroxylation is 1. The Kier molecular flexibility index (Phi) is 4.89. The SMILES string of the molecule is Cc1cc(C2CCCN2C(=O)NCC(c2ccco2)N(C)C)on1. The van der Waals surface area contributed by atoms with Gasteiger partial charge in [-0.3, -0.25) is 4.90 Å². The van der Waals surface area contributed by atoms with E-state index in [0.29, 0.717) is 6.54 Å². The zero-order valence-electron chi connectivity index (χ0n) is 14.4. The van der Waals surface area contributed by atoms with E-state index in [2.05, 4.69) is 10.5 Å². The number of aromatic nitrogens is 1. The average molecular weight is 332 g/mol. The normalized spacial score (nSPS) is 19.0. The summed E-state index contributed by atoms with van der Waals surface area (Å²) in [6.45, 7) is 3.10. The smallest absolute Gasteiger partial charge is 0.318 e. The molecule has 2 aromatic rings. The maximum absolute atomic E-state index is 12.6. The van der Waals surface area contributed by atoms with Crippen molar-refractivity contribution in [3.63, 3.8) is 0 Å². The summed E-state index contributed by atoms with van der Waals surface area (Å²) in [4.78, 5) is 16.5. The molecule has 1 fully saturated rings. The number of amides is 2. The summed E-state index contributed by atoms with van der Waals surface area (Å²) in [5, 5.41) is 6.96. The standard InChI is InChI=1S/C17H24N4O3/c1-12-10-16(24-19-12)13-6-4-8-21(13)17(22)18-11-14(20(2)3)15-7-5-9-23-15/h5,7,9-10,13-14H,4,6,8,11H2,1-3H3,(H,18,22). The van der Waals surface area contributed by atoms with Gasteiger partial charge >= 0.3 is 6.03 Å². The zero-order chi connectivity index (χ0) is 17.1. The maximum Gasteiger partial charge on any atom is 0.318 e. The fraction of sp³-hybridized carbons (Fsp3) is 0.529. The predicted octanol–water partition coefficient (Wildman–Crippen LogP) is 2.73. The second kappa shape index (κ2) is 7.09. The molecule has 3 heterocycles. The van der Waals surface area contributed by atoms with Gasteiger partial charge in [-0.15, -0.1) is 0 Å². The van der Waals surface area contributed by atoms with Crippen LogP contribution in [0.4, 0.5) is 4.79 Å². The molecule has 2 amide bonds. The lowest BCUT2D eigenvalue weighted by molar-refractivity contribution is 0.176. The van der Waals surface area contributed by atoms with Crippen molar-refractivity contribution >= 4 is 6.03 Å². The lowest BCUT2D eigenvalue weighted by Gasteiger charge is -2.26. The number of likely N-dealkylation sites (tertiary alicyclic amines) is 1. The Morgan fingerprint density at radius 1 is 1.54 bits per heavy atom. The lowest BCUT2D eigenvalue weighted by atomic mass is 10.1. The van der Waals surface area contributed by atoms with Crippen molar-refractivity contribution in [2.75, 3.05) is 27.2 Å². The summed E-state index contributed by atoms with van der Waals surface area (Å²) < 4.78 is 10.8. The molecule has 1 aliphatic heterocycles. The number of carbonyl (C=O) groups excluding carboxylic acids is 1. The largest absolute Gasteiger partial charge is 0.468 e. The van der Waals surface area contributed by atoms with Crippen LogP contribution in [0, 0.1) is 6.92 Å². The van der Waals surface area contributed by atoms with Gasteiger partial charge in [-0.1, -0.05) is 5.16 Å². The topological polar surface area (TPSA) is 74.8 Å². The summed E-state index contributed by atoms with van der Waals surface area (Å²) in [7, 11) is 3.94. The Bertz CT molecular complexity index is 665. The molecule has 0 bridgehead atoms. The Balaban J connectivity index is 1.63. The second-order valence-corrected chi connectivity index (χ2v) is 6.40. The number of carbonyl (C=O) groups is 1. The predicted molar refractivity (Wildman–Crippen MR) is 88.5 cm³/mol. The fourth-order valence-corrected chi connectivity index (χ4v) is 3.15. The molecular weight excluding hydrogens is 308 g/mol. The first-order chi connectivity index (χ1) is 11.6. The summed E-state index contributed by atoms with van der Waals surface area (Å²) in [6, 6.07) is 5.57. The van der Waals surface area contributed by atoms with Crippen LogP contribution in [0.15, 0.2) is 33.4 Å². The molecule has 7 heteroatoms. The molecule has 7 nitrogen and oxygen atoms in total. The summed E-state index contributed by atoms with van der Waals surface area (Å²) in [6.07, 6.45) is 3.51. The van der Waals surface area contributed by atoms with Crippen molar-refractivity contribution in [1.82, 2.24) is 20.3 Å². The van der Waals surface area contributed by atoms with Crippen LogP contribution in [0.2, 0.25) is 0 Å². The molecule has 0 aromatic carbocycles. The quantitative estimate of drug-likeness (QED) is 0.911. The van der Waals surface area contributed by atoms with Crippen LogP contribution >= 0.6 is 0 Å². The average Bonchev–Trinajstić information content (AvgIpc) is 3.27. The van der Waals surface area contributed by atoms with Gasteiger partial charge in [0.25, 0.3) is 0 Å². The first kappa shape index (κ1) is 16.6. The number of furan rings is 1. The number of hydrogen-bond donors (Lipinski definition) is 1. The number of nitrogens with zero attached hydrogens (tertiary/aromatic N) is 3. The number of nitrogens with one attached hydrogen (secondary N) is 1. The van der Waals surface area contributed by atoms with E-state index in [0.717, 1.165) is 36.6 Å².